The van der Waals surface area contributed by atoms with Gasteiger partial charge in [0.05, 0.1) is 31.5 Å². The summed E-state index contributed by atoms with van der Waals surface area (Å²) in [6, 6.07) is 7.26. The van der Waals surface area contributed by atoms with Gasteiger partial charge in [0.25, 0.3) is 0 Å². The summed E-state index contributed by atoms with van der Waals surface area (Å²) in [6.45, 7) is 3.62. The van der Waals surface area contributed by atoms with Crippen LogP contribution in [0.15, 0.2) is 42.2 Å². The number of aromatic nitrogens is 1. The summed E-state index contributed by atoms with van der Waals surface area (Å²) in [5.74, 6) is -0.896. The van der Waals surface area contributed by atoms with E-state index >= 15 is 0 Å². The Morgan fingerprint density at radius 1 is 1.16 bits per heavy atom. The van der Waals surface area contributed by atoms with Gasteiger partial charge in [0.2, 0.25) is 0 Å². The highest BCUT2D eigenvalue weighted by Gasteiger charge is 2.21. The molecular formula is C18H20N2O5. The second-order valence-electron chi connectivity index (χ2n) is 4.89. The molecule has 0 saturated heterocycles. The van der Waals surface area contributed by atoms with Crippen molar-refractivity contribution in [1.82, 2.24) is 4.98 Å². The number of carbonyl (C=O) groups excluding carboxylic acids is 2. The summed E-state index contributed by atoms with van der Waals surface area (Å²) in [7, 11) is 1.56. The molecule has 132 valence electrons. The van der Waals surface area contributed by atoms with Gasteiger partial charge in [0.1, 0.15) is 5.75 Å². The maximum Gasteiger partial charge on any atom is 0.347 e. The highest BCUT2D eigenvalue weighted by Crippen LogP contribution is 2.27. The zero-order valence-electron chi connectivity index (χ0n) is 14.4. The van der Waals surface area contributed by atoms with Gasteiger partial charge in [0.15, 0.2) is 5.57 Å². The van der Waals surface area contributed by atoms with Gasteiger partial charge in [-0.15, -0.1) is 0 Å². The Morgan fingerprint density at radius 2 is 1.84 bits per heavy atom. The third-order valence-corrected chi connectivity index (χ3v) is 3.28. The zero-order valence-corrected chi connectivity index (χ0v) is 14.4. The van der Waals surface area contributed by atoms with Crippen LogP contribution >= 0.6 is 0 Å². The fourth-order valence-corrected chi connectivity index (χ4v) is 2.16. The number of hydrogen-bond acceptors (Lipinski definition) is 7. The number of fused-ring (bicyclic) bond motifs is 1. The molecule has 0 fully saturated rings. The molecule has 0 radical (unpaired) electrons. The Balaban J connectivity index is 2.40. The molecule has 0 aliphatic carbocycles. The van der Waals surface area contributed by atoms with Gasteiger partial charge in [-0.3, -0.25) is 4.98 Å². The molecule has 0 bridgehead atoms. The van der Waals surface area contributed by atoms with Crippen LogP contribution in [-0.2, 0) is 19.1 Å². The van der Waals surface area contributed by atoms with E-state index in [0.717, 1.165) is 5.39 Å². The Morgan fingerprint density at radius 3 is 2.44 bits per heavy atom. The van der Waals surface area contributed by atoms with Crippen LogP contribution in [0.5, 0.6) is 5.75 Å². The summed E-state index contributed by atoms with van der Waals surface area (Å²) < 4.78 is 15.1. The van der Waals surface area contributed by atoms with Crippen LogP contribution in [0.1, 0.15) is 13.8 Å². The fourth-order valence-electron chi connectivity index (χ4n) is 2.16. The first kappa shape index (κ1) is 18.3. The van der Waals surface area contributed by atoms with E-state index in [4.69, 9.17) is 14.2 Å². The Kier molecular flexibility index (Phi) is 6.33. The quantitative estimate of drug-likeness (QED) is 0.357. The fraction of sp³-hybridized carbons (Fsp3) is 0.278. The molecule has 1 N–H and O–H groups in total. The van der Waals surface area contributed by atoms with Crippen LogP contribution in [0.25, 0.3) is 10.9 Å². The summed E-state index contributed by atoms with van der Waals surface area (Å²) in [4.78, 5) is 28.3. The zero-order chi connectivity index (χ0) is 18.2. The third kappa shape index (κ3) is 4.47. The number of benzene rings is 1. The number of anilines is 1. The van der Waals surface area contributed by atoms with Crippen molar-refractivity contribution in [1.29, 1.82) is 0 Å². The van der Waals surface area contributed by atoms with E-state index < -0.39 is 11.9 Å². The van der Waals surface area contributed by atoms with E-state index in [2.05, 4.69) is 10.3 Å². The summed E-state index contributed by atoms with van der Waals surface area (Å²) in [5, 5.41) is 3.79. The highest BCUT2D eigenvalue weighted by molar-refractivity contribution is 6.14. The van der Waals surface area contributed by atoms with Crippen LogP contribution in [0, 0.1) is 0 Å². The number of hydrogen-bond donors (Lipinski definition) is 1. The van der Waals surface area contributed by atoms with Crippen molar-refractivity contribution in [2.75, 3.05) is 25.6 Å². The average Bonchev–Trinajstić information content (AvgIpc) is 2.62. The second-order valence-corrected chi connectivity index (χ2v) is 4.89. The molecule has 0 spiro atoms. The molecule has 0 unspecified atom stereocenters. The van der Waals surface area contributed by atoms with Crippen LogP contribution in [0.3, 0.4) is 0 Å². The monoisotopic (exact) mass is 344 g/mol. The molecule has 0 aliphatic heterocycles. The average molecular weight is 344 g/mol. The topological polar surface area (TPSA) is 86.8 Å². The number of methoxy groups -OCH3 is 1. The predicted octanol–water partition coefficient (Wildman–Crippen LogP) is 2.67. The smallest absolute Gasteiger partial charge is 0.347 e. The van der Waals surface area contributed by atoms with Crippen molar-refractivity contribution in [2.45, 2.75) is 13.8 Å². The minimum absolute atomic E-state index is 0.152. The van der Waals surface area contributed by atoms with Crippen molar-refractivity contribution in [2.24, 2.45) is 0 Å². The van der Waals surface area contributed by atoms with Crippen LogP contribution in [0.2, 0.25) is 0 Å². The Labute approximate surface area is 145 Å². The van der Waals surface area contributed by atoms with E-state index in [-0.39, 0.29) is 18.8 Å². The van der Waals surface area contributed by atoms with Crippen molar-refractivity contribution in [3.05, 3.63) is 42.2 Å². The number of ether oxygens (including phenoxy) is 3. The molecular weight excluding hydrogens is 324 g/mol. The molecule has 2 rings (SSSR count). The second kappa shape index (κ2) is 8.68. The molecule has 0 aliphatic rings. The number of esters is 2. The third-order valence-electron chi connectivity index (χ3n) is 3.28. The van der Waals surface area contributed by atoms with Crippen LogP contribution in [0.4, 0.5) is 5.69 Å². The molecule has 1 heterocycles. The molecule has 25 heavy (non-hydrogen) atoms. The summed E-state index contributed by atoms with van der Waals surface area (Å²) >= 11 is 0. The first-order chi connectivity index (χ1) is 12.1. The Bertz CT molecular complexity index is 781. The maximum atomic E-state index is 12.0. The molecule has 0 atom stereocenters. The lowest BCUT2D eigenvalue weighted by molar-refractivity contribution is -0.146. The summed E-state index contributed by atoms with van der Waals surface area (Å²) in [6.07, 6.45) is 2.92. The van der Waals surface area contributed by atoms with Gasteiger partial charge in [-0.05, 0) is 26.0 Å². The lowest BCUT2D eigenvalue weighted by Gasteiger charge is -2.10. The van der Waals surface area contributed by atoms with Crippen molar-refractivity contribution < 1.29 is 23.8 Å². The number of rotatable bonds is 7. The van der Waals surface area contributed by atoms with Crippen LogP contribution in [-0.4, -0.2) is 37.2 Å². The molecule has 0 saturated carbocycles. The minimum Gasteiger partial charge on any atom is -0.497 e. The van der Waals surface area contributed by atoms with Gasteiger partial charge >= 0.3 is 11.9 Å². The van der Waals surface area contributed by atoms with Gasteiger partial charge in [0, 0.05) is 23.8 Å². The van der Waals surface area contributed by atoms with Crippen LogP contribution < -0.4 is 10.1 Å². The lowest BCUT2D eigenvalue weighted by Crippen LogP contribution is -2.19. The van der Waals surface area contributed by atoms with Gasteiger partial charge < -0.3 is 19.5 Å². The first-order valence-corrected chi connectivity index (χ1v) is 7.84. The number of pyridine rings is 1. The number of carbonyl (C=O) groups is 2. The lowest BCUT2D eigenvalue weighted by atomic mass is 10.1. The predicted molar refractivity (Wildman–Crippen MR) is 93.3 cm³/mol. The van der Waals surface area contributed by atoms with Gasteiger partial charge in [-0.2, -0.15) is 0 Å². The number of nitrogens with one attached hydrogen (secondary N) is 1. The molecule has 1 aromatic heterocycles. The molecule has 0 amide bonds. The van der Waals surface area contributed by atoms with Crippen molar-refractivity contribution >= 4 is 28.5 Å². The SMILES string of the molecule is CCOC(=O)C(=CNc1cc(OC)cc2cccnc12)C(=O)OCC. The Hall–Kier alpha value is -3.09. The molecule has 7 nitrogen and oxygen atoms in total. The van der Waals surface area contributed by atoms with E-state index in [1.54, 1.807) is 33.2 Å². The first-order valence-electron chi connectivity index (χ1n) is 7.84. The molecule has 1 aromatic carbocycles. The molecule has 2 aromatic rings. The largest absolute Gasteiger partial charge is 0.497 e. The minimum atomic E-state index is -0.756. The van der Waals surface area contributed by atoms with E-state index in [9.17, 15) is 9.59 Å². The normalized spacial score (nSPS) is 10.0. The van der Waals surface area contributed by atoms with E-state index in [0.29, 0.717) is 17.0 Å². The standard InChI is InChI=1S/C18H20N2O5/c1-4-24-17(21)14(18(22)25-5-2)11-20-15-10-13(23-3)9-12-7-6-8-19-16(12)15/h6-11,20H,4-5H2,1-3H3. The highest BCUT2D eigenvalue weighted by atomic mass is 16.6. The van der Waals surface area contributed by atoms with Gasteiger partial charge in [-0.25, -0.2) is 9.59 Å². The van der Waals surface area contributed by atoms with E-state index in [1.807, 2.05) is 18.2 Å². The van der Waals surface area contributed by atoms with Crippen molar-refractivity contribution in [3.63, 3.8) is 0 Å². The van der Waals surface area contributed by atoms with Crippen molar-refractivity contribution in [3.8, 4) is 5.75 Å². The number of nitrogens with zero attached hydrogens (tertiary/aromatic N) is 1. The van der Waals surface area contributed by atoms with E-state index in [1.165, 1.54) is 6.20 Å². The summed E-state index contributed by atoms with van der Waals surface area (Å²) in [5.41, 5.74) is 1.03. The maximum absolute atomic E-state index is 12.0. The van der Waals surface area contributed by atoms with Gasteiger partial charge in [-0.1, -0.05) is 6.07 Å². The molecule has 7 heteroatoms.